The Morgan fingerprint density at radius 2 is 2.17 bits per heavy atom. The zero-order valence-corrected chi connectivity index (χ0v) is 19.0. The van der Waals surface area contributed by atoms with Crippen molar-refractivity contribution < 1.29 is 0 Å². The lowest BCUT2D eigenvalue weighted by molar-refractivity contribution is 0.306. The number of benzene rings is 1. The van der Waals surface area contributed by atoms with Gasteiger partial charge in [-0.2, -0.15) is 11.3 Å². The molecule has 0 radical (unpaired) electrons. The molecule has 0 spiro atoms. The number of likely N-dealkylation sites (tertiary alicyclic amines) is 1. The van der Waals surface area contributed by atoms with E-state index in [-0.39, 0.29) is 0 Å². The highest BCUT2D eigenvalue weighted by Gasteiger charge is 2.25. The Hall–Kier alpha value is -1.83. The standard InChI is InChI=1S/C22H26N4S3/c1-28-20-4-2-3-19(15-20)24-22(27)26-11-6-18(7-12-26)21-23-9-13-25(21)10-5-17-8-14-29-16-17/h2-4,8-9,13-16,18H,5-7,10-12H2,1H3,(H,24,27). The second-order valence-corrected chi connectivity index (χ2v) is 9.33. The lowest BCUT2D eigenvalue weighted by Gasteiger charge is -2.33. The Labute approximate surface area is 186 Å². The van der Waals surface area contributed by atoms with Gasteiger partial charge in [0.05, 0.1) is 0 Å². The number of rotatable bonds is 6. The van der Waals surface area contributed by atoms with Crippen molar-refractivity contribution in [3.63, 3.8) is 0 Å². The van der Waals surface area contributed by atoms with Gasteiger partial charge in [-0.1, -0.05) is 6.07 Å². The van der Waals surface area contributed by atoms with E-state index < -0.39 is 0 Å². The number of piperidine rings is 1. The number of hydrogen-bond acceptors (Lipinski definition) is 4. The smallest absolute Gasteiger partial charge is 0.173 e. The summed E-state index contributed by atoms with van der Waals surface area (Å²) in [6.07, 6.45) is 9.39. The van der Waals surface area contributed by atoms with E-state index in [1.165, 1.54) is 16.3 Å². The zero-order chi connectivity index (χ0) is 20.1. The number of nitrogens with zero attached hydrogens (tertiary/aromatic N) is 3. The van der Waals surface area contributed by atoms with E-state index in [2.05, 4.69) is 68.3 Å². The van der Waals surface area contributed by atoms with E-state index in [0.29, 0.717) is 5.92 Å². The summed E-state index contributed by atoms with van der Waals surface area (Å²) in [5.41, 5.74) is 2.47. The molecule has 29 heavy (non-hydrogen) atoms. The van der Waals surface area contributed by atoms with Gasteiger partial charge in [0.25, 0.3) is 0 Å². The summed E-state index contributed by atoms with van der Waals surface area (Å²) in [7, 11) is 0. The molecule has 4 rings (SSSR count). The number of imidazole rings is 1. The van der Waals surface area contributed by atoms with Crippen molar-refractivity contribution in [1.82, 2.24) is 14.5 Å². The third-order valence-corrected chi connectivity index (χ3v) is 7.26. The molecule has 3 heterocycles. The van der Waals surface area contributed by atoms with E-state index in [1.807, 2.05) is 6.20 Å². The van der Waals surface area contributed by atoms with Gasteiger partial charge in [-0.25, -0.2) is 4.98 Å². The minimum atomic E-state index is 0.506. The Bertz CT molecular complexity index is 927. The molecule has 0 bridgehead atoms. The number of thiocarbonyl (C=S) groups is 1. The van der Waals surface area contributed by atoms with Crippen molar-refractivity contribution in [2.75, 3.05) is 24.7 Å². The Kier molecular flexibility index (Phi) is 6.90. The van der Waals surface area contributed by atoms with E-state index in [9.17, 15) is 0 Å². The van der Waals surface area contributed by atoms with Crippen LogP contribution < -0.4 is 5.32 Å². The predicted molar refractivity (Wildman–Crippen MR) is 128 cm³/mol. The monoisotopic (exact) mass is 442 g/mol. The molecule has 3 aromatic rings. The number of thioether (sulfide) groups is 1. The highest BCUT2D eigenvalue weighted by atomic mass is 32.2. The van der Waals surface area contributed by atoms with Crippen molar-refractivity contribution in [2.45, 2.75) is 36.6 Å². The molecule has 7 heteroatoms. The quantitative estimate of drug-likeness (QED) is 0.403. The third-order valence-electron chi connectivity index (χ3n) is 5.44. The average Bonchev–Trinajstić information content (AvgIpc) is 3.44. The Morgan fingerprint density at radius 3 is 2.93 bits per heavy atom. The van der Waals surface area contributed by atoms with Crippen LogP contribution in [0.1, 0.15) is 30.1 Å². The van der Waals surface area contributed by atoms with Gasteiger partial charge in [-0.3, -0.25) is 0 Å². The summed E-state index contributed by atoms with van der Waals surface area (Å²) in [6, 6.07) is 10.6. The van der Waals surface area contributed by atoms with Gasteiger partial charge in [0.15, 0.2) is 5.11 Å². The third kappa shape index (κ3) is 5.21. The van der Waals surface area contributed by atoms with Crippen molar-refractivity contribution >= 4 is 46.1 Å². The SMILES string of the molecule is CSc1cccc(NC(=S)N2CCC(c3nccn3CCc3ccsc3)CC2)c1. The van der Waals surface area contributed by atoms with Crippen LogP contribution in [0.2, 0.25) is 0 Å². The van der Waals surface area contributed by atoms with Crippen LogP contribution >= 0.6 is 35.3 Å². The van der Waals surface area contributed by atoms with Crippen LogP contribution in [0.4, 0.5) is 5.69 Å². The van der Waals surface area contributed by atoms with Crippen LogP contribution in [0.3, 0.4) is 0 Å². The molecule has 0 atom stereocenters. The molecule has 1 saturated heterocycles. The number of aryl methyl sites for hydroxylation is 2. The van der Waals surface area contributed by atoms with Crippen LogP contribution in [0.25, 0.3) is 0 Å². The van der Waals surface area contributed by atoms with Crippen LogP contribution in [-0.4, -0.2) is 38.9 Å². The lowest BCUT2D eigenvalue weighted by Crippen LogP contribution is -2.40. The molecule has 0 aliphatic carbocycles. The van der Waals surface area contributed by atoms with E-state index in [0.717, 1.165) is 49.7 Å². The summed E-state index contributed by atoms with van der Waals surface area (Å²) in [6.45, 7) is 2.93. The molecule has 1 fully saturated rings. The fraction of sp³-hybridized carbons (Fsp3) is 0.364. The number of hydrogen-bond donors (Lipinski definition) is 1. The molecule has 0 saturated carbocycles. The molecule has 0 unspecified atom stereocenters. The summed E-state index contributed by atoms with van der Waals surface area (Å²) in [5, 5.41) is 8.61. The molecule has 2 aromatic heterocycles. The van der Waals surface area contributed by atoms with Crippen molar-refractivity contribution in [2.24, 2.45) is 0 Å². The second-order valence-electron chi connectivity index (χ2n) is 7.28. The highest BCUT2D eigenvalue weighted by molar-refractivity contribution is 7.98. The van der Waals surface area contributed by atoms with E-state index >= 15 is 0 Å². The van der Waals surface area contributed by atoms with Crippen LogP contribution in [0.15, 0.2) is 58.4 Å². The number of anilines is 1. The molecule has 1 N–H and O–H groups in total. The summed E-state index contributed by atoms with van der Waals surface area (Å²) < 4.78 is 2.34. The molecule has 4 nitrogen and oxygen atoms in total. The lowest BCUT2D eigenvalue weighted by atomic mass is 9.96. The summed E-state index contributed by atoms with van der Waals surface area (Å²) in [5.74, 6) is 1.73. The molecular formula is C22H26N4S3. The zero-order valence-electron chi connectivity index (χ0n) is 16.6. The number of aromatic nitrogens is 2. The topological polar surface area (TPSA) is 33.1 Å². The molecule has 152 valence electrons. The first kappa shape index (κ1) is 20.4. The Balaban J connectivity index is 1.31. The fourth-order valence-electron chi connectivity index (χ4n) is 3.80. The molecule has 0 amide bonds. The first-order valence-electron chi connectivity index (χ1n) is 9.95. The molecule has 1 aliphatic heterocycles. The molecule has 1 aliphatic rings. The van der Waals surface area contributed by atoms with Crippen molar-refractivity contribution in [3.8, 4) is 0 Å². The first-order valence-corrected chi connectivity index (χ1v) is 12.5. The van der Waals surface area contributed by atoms with Gasteiger partial charge in [0.1, 0.15) is 5.82 Å². The average molecular weight is 443 g/mol. The minimum Gasteiger partial charge on any atom is -0.349 e. The van der Waals surface area contributed by atoms with Crippen molar-refractivity contribution in [3.05, 3.63) is 64.9 Å². The largest absolute Gasteiger partial charge is 0.349 e. The van der Waals surface area contributed by atoms with Gasteiger partial charge < -0.3 is 14.8 Å². The Morgan fingerprint density at radius 1 is 1.31 bits per heavy atom. The fourth-order valence-corrected chi connectivity index (χ4v) is 5.26. The summed E-state index contributed by atoms with van der Waals surface area (Å²) >= 11 is 9.18. The van der Waals surface area contributed by atoms with Crippen LogP contribution in [-0.2, 0) is 13.0 Å². The predicted octanol–water partition coefficient (Wildman–Crippen LogP) is 5.49. The number of nitrogens with one attached hydrogen (secondary N) is 1. The minimum absolute atomic E-state index is 0.506. The second kappa shape index (κ2) is 9.78. The van der Waals surface area contributed by atoms with Gasteiger partial charge in [0, 0.05) is 48.5 Å². The van der Waals surface area contributed by atoms with E-state index in [1.54, 1.807) is 23.1 Å². The maximum atomic E-state index is 5.68. The maximum absolute atomic E-state index is 5.68. The molecular weight excluding hydrogens is 416 g/mol. The van der Waals surface area contributed by atoms with Gasteiger partial charge >= 0.3 is 0 Å². The van der Waals surface area contributed by atoms with Gasteiger partial charge in [0.2, 0.25) is 0 Å². The van der Waals surface area contributed by atoms with E-state index in [4.69, 9.17) is 17.2 Å². The van der Waals surface area contributed by atoms with Crippen LogP contribution in [0.5, 0.6) is 0 Å². The van der Waals surface area contributed by atoms with Crippen LogP contribution in [0, 0.1) is 0 Å². The van der Waals surface area contributed by atoms with Gasteiger partial charge in [-0.15, -0.1) is 11.8 Å². The normalized spacial score (nSPS) is 14.9. The first-order chi connectivity index (χ1) is 14.2. The highest BCUT2D eigenvalue weighted by Crippen LogP contribution is 2.28. The van der Waals surface area contributed by atoms with Gasteiger partial charge in [-0.05, 0) is 78.3 Å². The maximum Gasteiger partial charge on any atom is 0.173 e. The molecule has 1 aromatic carbocycles. The summed E-state index contributed by atoms with van der Waals surface area (Å²) in [4.78, 5) is 8.22. The van der Waals surface area contributed by atoms with Crippen molar-refractivity contribution in [1.29, 1.82) is 0 Å². The number of thiophene rings is 1.